The zero-order chi connectivity index (χ0) is 19.8. The summed E-state index contributed by atoms with van der Waals surface area (Å²) in [6, 6.07) is 1.96. The van der Waals surface area contributed by atoms with Crippen LogP contribution in [0.1, 0.15) is 25.3 Å². The Labute approximate surface area is 166 Å². The molecule has 1 amide bonds. The van der Waals surface area contributed by atoms with E-state index in [4.69, 9.17) is 14.3 Å². The number of carbonyl (C=O) groups excluding carboxylic acids is 1. The molecule has 0 bridgehead atoms. The van der Waals surface area contributed by atoms with Gasteiger partial charge in [0.05, 0.1) is 25.5 Å². The summed E-state index contributed by atoms with van der Waals surface area (Å²) >= 11 is 0. The zero-order valence-electron chi connectivity index (χ0n) is 17.0. The lowest BCUT2D eigenvalue weighted by atomic mass is 10.3. The molecule has 3 rings (SSSR count). The molecule has 156 valence electrons. The Kier molecular flexibility index (Phi) is 7.67. The van der Waals surface area contributed by atoms with E-state index in [-0.39, 0.29) is 5.91 Å². The van der Waals surface area contributed by atoms with Gasteiger partial charge in [0.2, 0.25) is 5.91 Å². The van der Waals surface area contributed by atoms with E-state index in [9.17, 15) is 4.79 Å². The van der Waals surface area contributed by atoms with Crippen LogP contribution < -0.4 is 5.32 Å². The summed E-state index contributed by atoms with van der Waals surface area (Å²) in [5, 5.41) is 7.38. The smallest absolute Gasteiger partial charge is 0.236 e. The molecular weight excluding hydrogens is 360 g/mol. The van der Waals surface area contributed by atoms with Gasteiger partial charge in [-0.3, -0.25) is 9.69 Å². The molecule has 1 aromatic rings. The van der Waals surface area contributed by atoms with Gasteiger partial charge in [0.1, 0.15) is 6.54 Å². The van der Waals surface area contributed by atoms with Crippen LogP contribution in [0, 0.1) is 0 Å². The Morgan fingerprint density at radius 3 is 2.54 bits per heavy atom. The molecule has 0 spiro atoms. The van der Waals surface area contributed by atoms with E-state index in [0.717, 1.165) is 56.6 Å². The second kappa shape index (κ2) is 10.4. The quantitative estimate of drug-likeness (QED) is 0.546. The Morgan fingerprint density at radius 2 is 1.89 bits per heavy atom. The third-order valence-electron chi connectivity index (χ3n) is 5.08. The van der Waals surface area contributed by atoms with Crippen molar-refractivity contribution >= 4 is 11.9 Å². The van der Waals surface area contributed by atoms with Gasteiger partial charge in [0.25, 0.3) is 0 Å². The number of amides is 1. The number of aromatic nitrogens is 1. The number of nitrogens with one attached hydrogen (secondary N) is 1. The van der Waals surface area contributed by atoms with Crippen molar-refractivity contribution in [3.05, 3.63) is 17.5 Å². The molecule has 1 N–H and O–H groups in total. The van der Waals surface area contributed by atoms with Crippen LogP contribution in [0.15, 0.2) is 15.6 Å². The monoisotopic (exact) mass is 392 g/mol. The molecule has 9 heteroatoms. The van der Waals surface area contributed by atoms with Crippen molar-refractivity contribution in [3.8, 4) is 0 Å². The lowest BCUT2D eigenvalue weighted by molar-refractivity contribution is -0.136. The molecule has 2 saturated heterocycles. The first-order valence-electron chi connectivity index (χ1n) is 10.2. The van der Waals surface area contributed by atoms with E-state index in [1.165, 1.54) is 0 Å². The SMILES string of the molecule is CCNC(=NCc1cc(CC)no1)N1CCN(CC(=O)N2CCOCC2)CC1. The Balaban J connectivity index is 1.49. The number of aliphatic imine (C=N–C) groups is 1. The molecule has 9 nitrogen and oxygen atoms in total. The van der Waals surface area contributed by atoms with Gasteiger partial charge in [-0.1, -0.05) is 12.1 Å². The molecule has 2 fully saturated rings. The van der Waals surface area contributed by atoms with Gasteiger partial charge >= 0.3 is 0 Å². The number of hydrogen-bond donors (Lipinski definition) is 1. The number of ether oxygens (including phenoxy) is 1. The largest absolute Gasteiger partial charge is 0.378 e. The highest BCUT2D eigenvalue weighted by atomic mass is 16.5. The van der Waals surface area contributed by atoms with Crippen LogP contribution in [0.3, 0.4) is 0 Å². The second-order valence-electron chi connectivity index (χ2n) is 7.06. The fourth-order valence-electron chi connectivity index (χ4n) is 3.40. The van der Waals surface area contributed by atoms with Gasteiger partial charge in [-0.2, -0.15) is 0 Å². The normalized spacial score (nSPS) is 19.1. The Hall–Kier alpha value is -2.13. The van der Waals surface area contributed by atoms with Gasteiger partial charge in [0.15, 0.2) is 11.7 Å². The first-order valence-corrected chi connectivity index (χ1v) is 10.2. The van der Waals surface area contributed by atoms with E-state index in [1.54, 1.807) is 0 Å². The van der Waals surface area contributed by atoms with Crippen LogP contribution >= 0.6 is 0 Å². The third-order valence-corrected chi connectivity index (χ3v) is 5.08. The van der Waals surface area contributed by atoms with Crippen LogP contribution in [0.2, 0.25) is 0 Å². The minimum absolute atomic E-state index is 0.203. The molecule has 0 aromatic carbocycles. The molecule has 0 saturated carbocycles. The standard InChI is InChI=1S/C19H32N6O3/c1-3-16-13-17(28-22-16)14-21-19(20-4-2)25-7-5-23(6-8-25)15-18(26)24-9-11-27-12-10-24/h13H,3-12,14-15H2,1-2H3,(H,20,21). The summed E-state index contributed by atoms with van der Waals surface area (Å²) in [6.07, 6.45) is 0.860. The molecule has 3 heterocycles. The number of nitrogens with zero attached hydrogens (tertiary/aromatic N) is 5. The summed E-state index contributed by atoms with van der Waals surface area (Å²) in [5.74, 6) is 1.87. The number of guanidine groups is 1. The molecule has 0 radical (unpaired) electrons. The number of morpholine rings is 1. The summed E-state index contributed by atoms with van der Waals surface area (Å²) in [5.41, 5.74) is 0.953. The number of piperazine rings is 1. The first kappa shape index (κ1) is 20.6. The average molecular weight is 393 g/mol. The van der Waals surface area contributed by atoms with E-state index in [1.807, 2.05) is 11.0 Å². The van der Waals surface area contributed by atoms with E-state index in [0.29, 0.717) is 39.4 Å². The average Bonchev–Trinajstić information content (AvgIpc) is 3.20. The highest BCUT2D eigenvalue weighted by Gasteiger charge is 2.24. The highest BCUT2D eigenvalue weighted by Crippen LogP contribution is 2.08. The van der Waals surface area contributed by atoms with Crippen molar-refractivity contribution in [3.63, 3.8) is 0 Å². The maximum absolute atomic E-state index is 12.4. The lowest BCUT2D eigenvalue weighted by Crippen LogP contribution is -2.54. The molecule has 0 atom stereocenters. The molecule has 28 heavy (non-hydrogen) atoms. The van der Waals surface area contributed by atoms with Crippen LogP contribution in [-0.4, -0.2) is 97.3 Å². The predicted octanol–water partition coefficient (Wildman–Crippen LogP) is 0.179. The minimum atomic E-state index is 0.203. The fraction of sp³-hybridized carbons (Fsp3) is 0.737. The molecule has 1 aromatic heterocycles. The van der Waals surface area contributed by atoms with Crippen molar-refractivity contribution in [1.82, 2.24) is 25.2 Å². The number of carbonyl (C=O) groups is 1. The number of rotatable bonds is 6. The topological polar surface area (TPSA) is 86.4 Å². The number of aryl methyl sites for hydroxylation is 1. The van der Waals surface area contributed by atoms with E-state index in [2.05, 4.69) is 34.1 Å². The summed E-state index contributed by atoms with van der Waals surface area (Å²) in [6.45, 7) is 12.0. The fourth-order valence-corrected chi connectivity index (χ4v) is 3.40. The summed E-state index contributed by atoms with van der Waals surface area (Å²) < 4.78 is 10.6. The second-order valence-corrected chi connectivity index (χ2v) is 7.06. The van der Waals surface area contributed by atoms with Crippen LogP contribution in [-0.2, 0) is 22.5 Å². The van der Waals surface area contributed by atoms with Crippen molar-refractivity contribution in [2.45, 2.75) is 26.8 Å². The van der Waals surface area contributed by atoms with E-state index < -0.39 is 0 Å². The number of hydrogen-bond acceptors (Lipinski definition) is 6. The highest BCUT2D eigenvalue weighted by molar-refractivity contribution is 5.80. The third kappa shape index (κ3) is 5.68. The molecular formula is C19H32N6O3. The Bertz CT molecular complexity index is 648. The minimum Gasteiger partial charge on any atom is -0.378 e. The molecule has 0 unspecified atom stereocenters. The predicted molar refractivity (Wildman–Crippen MR) is 106 cm³/mol. The Morgan fingerprint density at radius 1 is 1.14 bits per heavy atom. The van der Waals surface area contributed by atoms with Crippen molar-refractivity contribution < 1.29 is 14.1 Å². The summed E-state index contributed by atoms with van der Waals surface area (Å²) in [4.78, 5) is 23.5. The molecule has 0 aliphatic carbocycles. The van der Waals surface area contributed by atoms with Gasteiger partial charge in [-0.25, -0.2) is 4.99 Å². The van der Waals surface area contributed by atoms with Crippen LogP contribution in [0.5, 0.6) is 0 Å². The first-order chi connectivity index (χ1) is 13.7. The maximum Gasteiger partial charge on any atom is 0.236 e. The maximum atomic E-state index is 12.4. The van der Waals surface area contributed by atoms with Gasteiger partial charge in [0, 0.05) is 51.9 Å². The van der Waals surface area contributed by atoms with Gasteiger partial charge < -0.3 is 24.4 Å². The lowest BCUT2D eigenvalue weighted by Gasteiger charge is -2.37. The zero-order valence-corrected chi connectivity index (χ0v) is 17.0. The molecule has 2 aliphatic rings. The van der Waals surface area contributed by atoms with Gasteiger partial charge in [-0.15, -0.1) is 0 Å². The molecule has 2 aliphatic heterocycles. The van der Waals surface area contributed by atoms with Gasteiger partial charge in [-0.05, 0) is 13.3 Å². The van der Waals surface area contributed by atoms with Crippen molar-refractivity contribution in [2.75, 3.05) is 65.6 Å². The van der Waals surface area contributed by atoms with Crippen molar-refractivity contribution in [2.24, 2.45) is 4.99 Å². The van der Waals surface area contributed by atoms with Crippen molar-refractivity contribution in [1.29, 1.82) is 0 Å². The van der Waals surface area contributed by atoms with Crippen LogP contribution in [0.4, 0.5) is 0 Å². The van der Waals surface area contributed by atoms with E-state index >= 15 is 0 Å². The summed E-state index contributed by atoms with van der Waals surface area (Å²) in [7, 11) is 0. The van der Waals surface area contributed by atoms with Crippen LogP contribution in [0.25, 0.3) is 0 Å².